The van der Waals surface area contributed by atoms with E-state index in [1.54, 1.807) is 0 Å². The first-order valence-corrected chi connectivity index (χ1v) is 7.97. The van der Waals surface area contributed by atoms with E-state index in [9.17, 15) is 14.4 Å². The van der Waals surface area contributed by atoms with Crippen LogP contribution in [0.3, 0.4) is 0 Å². The van der Waals surface area contributed by atoms with Crippen LogP contribution in [0.4, 0.5) is 0 Å². The first-order chi connectivity index (χ1) is 10.2. The molecular formula is C16H20N2O3. The van der Waals surface area contributed by atoms with E-state index in [1.165, 1.54) is 4.90 Å². The van der Waals surface area contributed by atoms with Gasteiger partial charge in [0.15, 0.2) is 0 Å². The highest BCUT2D eigenvalue weighted by atomic mass is 16.2. The zero-order valence-electron chi connectivity index (χ0n) is 12.0. The van der Waals surface area contributed by atoms with Gasteiger partial charge in [-0.05, 0) is 25.7 Å². The third kappa shape index (κ3) is 1.86. The Hall–Kier alpha value is -1.65. The van der Waals surface area contributed by atoms with Gasteiger partial charge in [0, 0.05) is 19.0 Å². The number of rotatable bonds is 2. The molecule has 3 amide bonds. The van der Waals surface area contributed by atoms with E-state index in [0.29, 0.717) is 25.9 Å². The van der Waals surface area contributed by atoms with Crippen molar-refractivity contribution < 1.29 is 14.4 Å². The van der Waals surface area contributed by atoms with E-state index in [0.717, 1.165) is 19.3 Å². The van der Waals surface area contributed by atoms with Crippen LogP contribution >= 0.6 is 0 Å². The van der Waals surface area contributed by atoms with Gasteiger partial charge in [0.1, 0.15) is 0 Å². The first kappa shape index (κ1) is 13.0. The van der Waals surface area contributed by atoms with Crippen LogP contribution in [0.25, 0.3) is 0 Å². The maximum Gasteiger partial charge on any atom is 0.233 e. The maximum atomic E-state index is 12.4. The molecule has 3 fully saturated rings. The summed E-state index contributed by atoms with van der Waals surface area (Å²) in [6.45, 7) is 1.08. The standard InChI is InChI=1S/C16H20N2O3/c19-14(10-4-3-5-10)17-8-11(9-17)18-15(20)12-6-1-2-7-13(12)16(18)21/h1-2,10-13H,3-9H2. The Kier molecular flexibility index (Phi) is 2.91. The molecule has 2 unspecified atom stereocenters. The van der Waals surface area contributed by atoms with Crippen molar-refractivity contribution in [2.75, 3.05) is 13.1 Å². The fourth-order valence-corrected chi connectivity index (χ4v) is 3.90. The Balaban J connectivity index is 1.41. The van der Waals surface area contributed by atoms with Crippen LogP contribution < -0.4 is 0 Å². The van der Waals surface area contributed by atoms with Crippen LogP contribution in [0.5, 0.6) is 0 Å². The SMILES string of the molecule is O=C(C1CCC1)N1CC(N2C(=O)C3CC=CCC3C2=O)C1. The number of carbonyl (C=O) groups excluding carboxylic acids is 3. The number of amides is 3. The van der Waals surface area contributed by atoms with Gasteiger partial charge in [0.25, 0.3) is 0 Å². The molecule has 21 heavy (non-hydrogen) atoms. The van der Waals surface area contributed by atoms with E-state index in [-0.39, 0.29) is 41.5 Å². The lowest BCUT2D eigenvalue weighted by molar-refractivity contribution is -0.155. The molecular weight excluding hydrogens is 268 g/mol. The summed E-state index contributed by atoms with van der Waals surface area (Å²) in [5.41, 5.74) is 0. The summed E-state index contributed by atoms with van der Waals surface area (Å²) in [5.74, 6) is 0.0707. The fourth-order valence-electron chi connectivity index (χ4n) is 3.90. The molecule has 2 aliphatic heterocycles. The minimum atomic E-state index is -0.154. The second-order valence-corrected chi connectivity index (χ2v) is 6.73. The van der Waals surface area contributed by atoms with Crippen LogP contribution in [0.15, 0.2) is 12.2 Å². The van der Waals surface area contributed by atoms with Crippen molar-refractivity contribution in [3.8, 4) is 0 Å². The summed E-state index contributed by atoms with van der Waals surface area (Å²) in [6.07, 6.45) is 8.51. The summed E-state index contributed by atoms with van der Waals surface area (Å²) in [5, 5.41) is 0. The zero-order valence-corrected chi connectivity index (χ0v) is 12.0. The van der Waals surface area contributed by atoms with Gasteiger partial charge < -0.3 is 4.90 Å². The molecule has 4 rings (SSSR count). The molecule has 2 heterocycles. The fraction of sp³-hybridized carbons (Fsp3) is 0.688. The molecule has 1 saturated carbocycles. The van der Waals surface area contributed by atoms with Gasteiger partial charge >= 0.3 is 0 Å². The van der Waals surface area contributed by atoms with E-state index < -0.39 is 0 Å². The molecule has 2 saturated heterocycles. The number of fused-ring (bicyclic) bond motifs is 1. The monoisotopic (exact) mass is 288 g/mol. The molecule has 112 valence electrons. The average Bonchev–Trinajstić information content (AvgIpc) is 2.61. The van der Waals surface area contributed by atoms with Crippen molar-refractivity contribution in [1.29, 1.82) is 0 Å². The van der Waals surface area contributed by atoms with Crippen LogP contribution in [-0.2, 0) is 14.4 Å². The summed E-state index contributed by atoms with van der Waals surface area (Å²) >= 11 is 0. The summed E-state index contributed by atoms with van der Waals surface area (Å²) < 4.78 is 0. The number of nitrogens with zero attached hydrogens (tertiary/aromatic N) is 2. The van der Waals surface area contributed by atoms with Crippen LogP contribution in [0.2, 0.25) is 0 Å². The number of carbonyl (C=O) groups is 3. The topological polar surface area (TPSA) is 57.7 Å². The van der Waals surface area contributed by atoms with Gasteiger partial charge in [-0.25, -0.2) is 0 Å². The Morgan fingerprint density at radius 1 is 1.00 bits per heavy atom. The number of allylic oxidation sites excluding steroid dienone is 2. The third-order valence-corrected chi connectivity index (χ3v) is 5.54. The van der Waals surface area contributed by atoms with E-state index in [2.05, 4.69) is 0 Å². The van der Waals surface area contributed by atoms with Crippen molar-refractivity contribution in [2.45, 2.75) is 38.1 Å². The molecule has 0 spiro atoms. The van der Waals surface area contributed by atoms with Gasteiger partial charge in [0.05, 0.1) is 17.9 Å². The Morgan fingerprint density at radius 2 is 1.57 bits per heavy atom. The number of hydrogen-bond donors (Lipinski definition) is 0. The predicted molar refractivity (Wildman–Crippen MR) is 74.9 cm³/mol. The molecule has 4 aliphatic rings. The van der Waals surface area contributed by atoms with Gasteiger partial charge in [-0.2, -0.15) is 0 Å². The minimum absolute atomic E-state index is 0.0184. The highest BCUT2D eigenvalue weighted by Gasteiger charge is 2.52. The van der Waals surface area contributed by atoms with E-state index >= 15 is 0 Å². The molecule has 0 aromatic carbocycles. The second kappa shape index (κ2) is 4.68. The van der Waals surface area contributed by atoms with Gasteiger partial charge in [-0.1, -0.05) is 18.6 Å². The highest BCUT2D eigenvalue weighted by molar-refractivity contribution is 6.06. The lowest BCUT2D eigenvalue weighted by Gasteiger charge is -2.45. The van der Waals surface area contributed by atoms with Gasteiger partial charge in [-0.3, -0.25) is 19.3 Å². The van der Waals surface area contributed by atoms with Crippen molar-refractivity contribution in [3.05, 3.63) is 12.2 Å². The lowest BCUT2D eigenvalue weighted by Crippen LogP contribution is -2.63. The Labute approximate surface area is 124 Å². The van der Waals surface area contributed by atoms with E-state index in [4.69, 9.17) is 0 Å². The van der Waals surface area contributed by atoms with Crippen molar-refractivity contribution in [2.24, 2.45) is 17.8 Å². The van der Waals surface area contributed by atoms with Crippen molar-refractivity contribution in [3.63, 3.8) is 0 Å². The lowest BCUT2D eigenvalue weighted by atomic mass is 9.83. The van der Waals surface area contributed by atoms with Crippen molar-refractivity contribution in [1.82, 2.24) is 9.80 Å². The summed E-state index contributed by atoms with van der Waals surface area (Å²) in [7, 11) is 0. The van der Waals surface area contributed by atoms with Crippen LogP contribution in [0.1, 0.15) is 32.1 Å². The highest BCUT2D eigenvalue weighted by Crippen LogP contribution is 2.38. The largest absolute Gasteiger partial charge is 0.338 e. The summed E-state index contributed by atoms with van der Waals surface area (Å²) in [6, 6.07) is -0.0837. The van der Waals surface area contributed by atoms with Crippen LogP contribution in [0, 0.1) is 17.8 Å². The maximum absolute atomic E-state index is 12.4. The Morgan fingerprint density at radius 3 is 2.05 bits per heavy atom. The quantitative estimate of drug-likeness (QED) is 0.561. The molecule has 5 nitrogen and oxygen atoms in total. The minimum Gasteiger partial charge on any atom is -0.338 e. The molecule has 0 bridgehead atoms. The van der Waals surface area contributed by atoms with Gasteiger partial charge in [0.2, 0.25) is 17.7 Å². The van der Waals surface area contributed by atoms with E-state index in [1.807, 2.05) is 17.1 Å². The molecule has 0 aromatic heterocycles. The Bertz CT molecular complexity index is 506. The molecule has 0 N–H and O–H groups in total. The number of hydrogen-bond acceptors (Lipinski definition) is 3. The normalized spacial score (nSPS) is 33.0. The smallest absolute Gasteiger partial charge is 0.233 e. The molecule has 0 aromatic rings. The molecule has 2 aliphatic carbocycles. The zero-order chi connectivity index (χ0) is 14.6. The molecule has 0 radical (unpaired) electrons. The first-order valence-electron chi connectivity index (χ1n) is 7.97. The molecule has 2 atom stereocenters. The van der Waals surface area contributed by atoms with Gasteiger partial charge in [-0.15, -0.1) is 0 Å². The second-order valence-electron chi connectivity index (χ2n) is 6.73. The van der Waals surface area contributed by atoms with Crippen molar-refractivity contribution >= 4 is 17.7 Å². The molecule has 5 heteroatoms. The number of imide groups is 1. The third-order valence-electron chi connectivity index (χ3n) is 5.54. The predicted octanol–water partition coefficient (Wildman–Crippen LogP) is 0.949. The number of likely N-dealkylation sites (tertiary alicyclic amines) is 2. The van der Waals surface area contributed by atoms with Crippen LogP contribution in [-0.4, -0.2) is 46.7 Å². The summed E-state index contributed by atoms with van der Waals surface area (Å²) in [4.78, 5) is 40.2. The average molecular weight is 288 g/mol.